The molecule has 1 atom stereocenters. The summed E-state index contributed by atoms with van der Waals surface area (Å²) < 4.78 is 0. The maximum atomic E-state index is 12.5. The molecule has 0 aliphatic carbocycles. The first-order valence-corrected chi connectivity index (χ1v) is 9.09. The van der Waals surface area contributed by atoms with Crippen molar-refractivity contribution in [1.82, 2.24) is 15.3 Å². The van der Waals surface area contributed by atoms with Crippen LogP contribution in [0, 0.1) is 6.92 Å². The molecule has 1 heterocycles. The van der Waals surface area contributed by atoms with Crippen molar-refractivity contribution in [2.75, 3.05) is 5.32 Å². The molecule has 0 bridgehead atoms. The second-order valence-corrected chi connectivity index (χ2v) is 6.68. The number of aryl methyl sites for hydroxylation is 1. The molecule has 138 valence electrons. The Morgan fingerprint density at radius 3 is 2.52 bits per heavy atom. The molecule has 0 radical (unpaired) electrons. The van der Waals surface area contributed by atoms with Gasteiger partial charge in [-0.2, -0.15) is 0 Å². The maximum Gasteiger partial charge on any atom is 0.270 e. The molecule has 3 aromatic rings. The van der Waals surface area contributed by atoms with Crippen molar-refractivity contribution in [2.24, 2.45) is 0 Å². The zero-order chi connectivity index (χ0) is 19.2. The molecular weight excluding hydrogens is 360 g/mol. The number of amides is 1. The first-order chi connectivity index (χ1) is 13.0. The summed E-state index contributed by atoms with van der Waals surface area (Å²) in [5, 5.41) is 6.73. The summed E-state index contributed by atoms with van der Waals surface area (Å²) in [6.45, 7) is 4.20. The van der Waals surface area contributed by atoms with Crippen LogP contribution >= 0.6 is 11.6 Å². The molecule has 0 fully saturated rings. The van der Waals surface area contributed by atoms with Crippen LogP contribution in [0.1, 0.15) is 40.3 Å². The number of benzene rings is 2. The molecule has 0 saturated heterocycles. The minimum atomic E-state index is -0.268. The number of nitrogens with one attached hydrogen (secondary N) is 2. The van der Waals surface area contributed by atoms with Gasteiger partial charge in [0.1, 0.15) is 5.69 Å². The zero-order valence-corrected chi connectivity index (χ0v) is 16.0. The average molecular weight is 381 g/mol. The third-order valence-corrected chi connectivity index (χ3v) is 4.50. The van der Waals surface area contributed by atoms with Gasteiger partial charge in [-0.3, -0.25) is 4.79 Å². The van der Waals surface area contributed by atoms with E-state index in [1.165, 1.54) is 0 Å². The highest BCUT2D eigenvalue weighted by Crippen LogP contribution is 2.17. The Morgan fingerprint density at radius 2 is 1.78 bits per heavy atom. The van der Waals surface area contributed by atoms with Crippen molar-refractivity contribution in [3.63, 3.8) is 0 Å². The van der Waals surface area contributed by atoms with E-state index in [0.29, 0.717) is 23.2 Å². The van der Waals surface area contributed by atoms with E-state index in [1.807, 2.05) is 62.4 Å². The van der Waals surface area contributed by atoms with E-state index in [2.05, 4.69) is 20.6 Å². The maximum absolute atomic E-state index is 12.5. The van der Waals surface area contributed by atoms with Gasteiger partial charge in [0.15, 0.2) is 0 Å². The summed E-state index contributed by atoms with van der Waals surface area (Å²) in [7, 11) is 0. The number of nitrogens with zero attached hydrogens (tertiary/aromatic N) is 2. The lowest BCUT2D eigenvalue weighted by Gasteiger charge is -2.15. The fourth-order valence-corrected chi connectivity index (χ4v) is 2.88. The van der Waals surface area contributed by atoms with Crippen molar-refractivity contribution in [3.8, 4) is 0 Å². The smallest absolute Gasteiger partial charge is 0.270 e. The van der Waals surface area contributed by atoms with Crippen LogP contribution in [-0.2, 0) is 6.54 Å². The molecule has 0 saturated carbocycles. The Balaban J connectivity index is 1.71. The summed E-state index contributed by atoms with van der Waals surface area (Å²) in [5.41, 5.74) is 3.01. The highest BCUT2D eigenvalue weighted by atomic mass is 35.5. The quantitative estimate of drug-likeness (QED) is 0.658. The van der Waals surface area contributed by atoms with E-state index in [1.54, 1.807) is 12.1 Å². The number of hydrogen-bond acceptors (Lipinski definition) is 4. The first-order valence-electron chi connectivity index (χ1n) is 8.71. The Bertz CT molecular complexity index is 930. The van der Waals surface area contributed by atoms with E-state index in [0.717, 1.165) is 16.8 Å². The number of carbonyl (C=O) groups is 1. The molecular formula is C21H21ClN4O. The van der Waals surface area contributed by atoms with Crippen molar-refractivity contribution in [2.45, 2.75) is 26.4 Å². The lowest BCUT2D eigenvalue weighted by Crippen LogP contribution is -2.25. The summed E-state index contributed by atoms with van der Waals surface area (Å²) in [6, 6.07) is 19.1. The molecule has 0 spiro atoms. The summed E-state index contributed by atoms with van der Waals surface area (Å²) >= 11 is 6.13. The first kappa shape index (κ1) is 18.9. The van der Waals surface area contributed by atoms with Crippen LogP contribution in [0.15, 0.2) is 60.7 Å². The van der Waals surface area contributed by atoms with Crippen LogP contribution in [0.5, 0.6) is 0 Å². The predicted octanol–water partition coefficient (Wildman–Crippen LogP) is 4.54. The van der Waals surface area contributed by atoms with Gasteiger partial charge in [0.2, 0.25) is 5.95 Å². The molecule has 6 heteroatoms. The van der Waals surface area contributed by atoms with Crippen molar-refractivity contribution in [1.29, 1.82) is 0 Å². The molecule has 0 aliphatic rings. The summed E-state index contributed by atoms with van der Waals surface area (Å²) in [6.07, 6.45) is 0. The highest BCUT2D eigenvalue weighted by Gasteiger charge is 2.13. The molecule has 3 rings (SSSR count). The second kappa shape index (κ2) is 8.64. The van der Waals surface area contributed by atoms with Gasteiger partial charge in [0.25, 0.3) is 5.91 Å². The standard InChI is InChI=1S/C21H21ClN4O/c1-14-12-19(20(27)23-13-17-10-6-7-11-18(17)22)26-21(24-14)25-15(2)16-8-4-3-5-9-16/h3-12,15H,13H2,1-2H3,(H,23,27)(H,24,25,26). The topological polar surface area (TPSA) is 66.9 Å². The van der Waals surface area contributed by atoms with Gasteiger partial charge in [0, 0.05) is 17.3 Å². The van der Waals surface area contributed by atoms with Gasteiger partial charge in [0.05, 0.1) is 6.04 Å². The highest BCUT2D eigenvalue weighted by molar-refractivity contribution is 6.31. The Morgan fingerprint density at radius 1 is 1.07 bits per heavy atom. The van der Waals surface area contributed by atoms with Crippen molar-refractivity contribution < 1.29 is 4.79 Å². The average Bonchev–Trinajstić information content (AvgIpc) is 2.67. The minimum Gasteiger partial charge on any atom is -0.348 e. The lowest BCUT2D eigenvalue weighted by atomic mass is 10.1. The van der Waals surface area contributed by atoms with E-state index >= 15 is 0 Å². The van der Waals surface area contributed by atoms with E-state index in [-0.39, 0.29) is 11.9 Å². The number of aromatic nitrogens is 2. The number of carbonyl (C=O) groups excluding carboxylic acids is 1. The fourth-order valence-electron chi connectivity index (χ4n) is 2.68. The van der Waals surface area contributed by atoms with E-state index in [9.17, 15) is 4.79 Å². The van der Waals surface area contributed by atoms with E-state index < -0.39 is 0 Å². The Kier molecular flexibility index (Phi) is 6.04. The second-order valence-electron chi connectivity index (χ2n) is 6.27. The fraction of sp³-hybridized carbons (Fsp3) is 0.190. The number of anilines is 1. The van der Waals surface area contributed by atoms with Crippen LogP contribution in [0.2, 0.25) is 5.02 Å². The molecule has 1 unspecified atom stereocenters. The Labute approximate surface area is 163 Å². The zero-order valence-electron chi connectivity index (χ0n) is 15.2. The third kappa shape index (κ3) is 5.05. The van der Waals surface area contributed by atoms with Crippen LogP contribution in [0.25, 0.3) is 0 Å². The molecule has 0 aliphatic heterocycles. The molecule has 2 N–H and O–H groups in total. The predicted molar refractivity (Wildman–Crippen MR) is 108 cm³/mol. The van der Waals surface area contributed by atoms with Gasteiger partial charge >= 0.3 is 0 Å². The number of rotatable bonds is 6. The van der Waals surface area contributed by atoms with Gasteiger partial charge in [-0.05, 0) is 37.1 Å². The van der Waals surface area contributed by atoms with Gasteiger partial charge in [-0.25, -0.2) is 9.97 Å². The summed E-state index contributed by atoms with van der Waals surface area (Å²) in [4.78, 5) is 21.3. The van der Waals surface area contributed by atoms with Crippen LogP contribution in [0.4, 0.5) is 5.95 Å². The minimum absolute atomic E-state index is 0.0204. The molecule has 1 aromatic heterocycles. The van der Waals surface area contributed by atoms with Gasteiger partial charge < -0.3 is 10.6 Å². The van der Waals surface area contributed by atoms with E-state index in [4.69, 9.17) is 11.6 Å². The monoisotopic (exact) mass is 380 g/mol. The molecule has 27 heavy (non-hydrogen) atoms. The van der Waals surface area contributed by atoms with Crippen molar-refractivity contribution in [3.05, 3.63) is 88.2 Å². The molecule has 5 nitrogen and oxygen atoms in total. The SMILES string of the molecule is Cc1cc(C(=O)NCc2ccccc2Cl)nc(NC(C)c2ccccc2)n1. The molecule has 1 amide bonds. The van der Waals surface area contributed by atoms with Crippen LogP contribution in [0.3, 0.4) is 0 Å². The normalized spacial score (nSPS) is 11.7. The van der Waals surface area contributed by atoms with Gasteiger partial charge in [-0.1, -0.05) is 60.1 Å². The number of hydrogen-bond donors (Lipinski definition) is 2. The Hall–Kier alpha value is -2.92. The lowest BCUT2D eigenvalue weighted by molar-refractivity contribution is 0.0945. The largest absolute Gasteiger partial charge is 0.348 e. The number of halogens is 1. The van der Waals surface area contributed by atoms with Crippen LogP contribution in [-0.4, -0.2) is 15.9 Å². The van der Waals surface area contributed by atoms with Crippen molar-refractivity contribution >= 4 is 23.5 Å². The summed E-state index contributed by atoms with van der Waals surface area (Å²) in [5.74, 6) is 0.157. The van der Waals surface area contributed by atoms with Gasteiger partial charge in [-0.15, -0.1) is 0 Å². The third-order valence-electron chi connectivity index (χ3n) is 4.13. The molecule has 2 aromatic carbocycles. The van der Waals surface area contributed by atoms with Crippen LogP contribution < -0.4 is 10.6 Å².